The van der Waals surface area contributed by atoms with Gasteiger partial charge in [-0.25, -0.2) is 4.79 Å². The molecule has 97 heavy (non-hydrogen) atoms. The Morgan fingerprint density at radius 2 is 0.866 bits per heavy atom. The number of carbonyl (C=O) groups is 5. The molecular weight excluding hydrogens is 1220 g/mol. The van der Waals surface area contributed by atoms with Gasteiger partial charge in [-0.15, -0.1) is 0 Å². The van der Waals surface area contributed by atoms with Gasteiger partial charge in [0.25, 0.3) is 0 Å². The standard InChI is InChI=1S/C79H131N7O11/c1-5-8-11-14-23-32-44-62-94-72(89)49-37-26-17-20-29-40-56-84(57-41-30-21-18-27-38-50-73(90)95-63-45-33-24-15-12-9-6-2)60-47-61-85(58-42-31-22-19-28-39-51-74(91)96-64-46-34-25-16-13-10-7-3)59-43-35-36-48-71(88)80-76-75-77(83-78(82-76)97-66-65-93-4)86(79(92)81-75)67-69-52-54-70(68-87)55-53-69/h32-34,44-46,52-55,68H,5-31,35-43,47-51,56-67H2,1-4H3,(H,81,92)(H,80,82,83,88)/b44-32+,45-33+,46-34+. The Kier molecular flexibility index (Phi) is 52.7. The third kappa shape index (κ3) is 45.3. The molecule has 1 aromatic carbocycles. The highest BCUT2D eigenvalue weighted by atomic mass is 16.5. The molecule has 2 N–H and O–H groups in total. The molecule has 0 radical (unpaired) electrons. The zero-order chi connectivity index (χ0) is 69.7. The minimum absolute atomic E-state index is 0.00770. The summed E-state index contributed by atoms with van der Waals surface area (Å²) in [6.07, 6.45) is 55.8. The van der Waals surface area contributed by atoms with E-state index in [2.05, 4.69) is 69.1 Å². The van der Waals surface area contributed by atoms with Crippen molar-refractivity contribution in [3.05, 3.63) is 82.3 Å². The van der Waals surface area contributed by atoms with Crippen molar-refractivity contribution < 1.29 is 47.7 Å². The van der Waals surface area contributed by atoms with Crippen LogP contribution in [-0.4, -0.2) is 139 Å². The van der Waals surface area contributed by atoms with Gasteiger partial charge < -0.3 is 43.8 Å². The van der Waals surface area contributed by atoms with Crippen molar-refractivity contribution in [2.24, 2.45) is 0 Å². The number of esters is 3. The molecule has 0 aliphatic carbocycles. The first-order valence-corrected chi connectivity index (χ1v) is 38.4. The summed E-state index contributed by atoms with van der Waals surface area (Å²) in [5, 5.41) is 2.94. The van der Waals surface area contributed by atoms with E-state index in [1.807, 2.05) is 18.2 Å². The molecule has 0 aliphatic heterocycles. The van der Waals surface area contributed by atoms with Gasteiger partial charge in [-0.05, 0) is 141 Å². The number of aromatic amines is 1. The van der Waals surface area contributed by atoms with Gasteiger partial charge in [0.05, 0.1) is 13.2 Å². The number of methoxy groups -OCH3 is 1. The van der Waals surface area contributed by atoms with Gasteiger partial charge in [0.1, 0.15) is 38.2 Å². The van der Waals surface area contributed by atoms with Gasteiger partial charge in [0.15, 0.2) is 11.5 Å². The van der Waals surface area contributed by atoms with Crippen molar-refractivity contribution in [3.8, 4) is 6.01 Å². The molecule has 18 nitrogen and oxygen atoms in total. The fourth-order valence-corrected chi connectivity index (χ4v) is 11.8. The number of allylic oxidation sites excluding steroid dienone is 3. The first-order chi connectivity index (χ1) is 47.6. The van der Waals surface area contributed by atoms with E-state index in [1.54, 1.807) is 31.4 Å². The molecule has 18 heteroatoms. The molecule has 3 rings (SSSR count). The number of anilines is 1. The first-order valence-electron chi connectivity index (χ1n) is 38.4. The van der Waals surface area contributed by atoms with Crippen LogP contribution in [0.4, 0.5) is 5.82 Å². The Bertz CT molecular complexity index is 2580. The van der Waals surface area contributed by atoms with Gasteiger partial charge in [0, 0.05) is 38.4 Å². The van der Waals surface area contributed by atoms with E-state index < -0.39 is 5.69 Å². The number of carbonyl (C=O) groups excluding carboxylic acids is 5. The highest BCUT2D eigenvalue weighted by Crippen LogP contribution is 2.23. The number of nitrogens with zero attached hydrogens (tertiary/aromatic N) is 5. The number of ether oxygens (including phenoxy) is 5. The number of H-pyrrole nitrogens is 1. The van der Waals surface area contributed by atoms with Crippen LogP contribution in [0.2, 0.25) is 0 Å². The summed E-state index contributed by atoms with van der Waals surface area (Å²) in [5.74, 6) is -0.358. The van der Waals surface area contributed by atoms with Gasteiger partial charge in [-0.3, -0.25) is 28.5 Å². The Morgan fingerprint density at radius 1 is 0.474 bits per heavy atom. The van der Waals surface area contributed by atoms with Gasteiger partial charge >= 0.3 is 29.6 Å². The summed E-state index contributed by atoms with van der Waals surface area (Å²) in [6.45, 7) is 14.6. The second-order valence-electron chi connectivity index (χ2n) is 26.3. The third-order valence-electron chi connectivity index (χ3n) is 17.7. The molecule has 2 aromatic heterocycles. The van der Waals surface area contributed by atoms with Crippen molar-refractivity contribution in [1.82, 2.24) is 29.3 Å². The predicted octanol–water partition coefficient (Wildman–Crippen LogP) is 17.9. The van der Waals surface area contributed by atoms with Crippen LogP contribution in [0.25, 0.3) is 11.2 Å². The second-order valence-corrected chi connectivity index (χ2v) is 26.3. The number of rotatable bonds is 66. The molecule has 0 saturated carbocycles. The zero-order valence-electron chi connectivity index (χ0n) is 61.1. The Labute approximate surface area is 585 Å². The fourth-order valence-electron chi connectivity index (χ4n) is 11.8. The van der Waals surface area contributed by atoms with Crippen molar-refractivity contribution in [3.63, 3.8) is 0 Å². The van der Waals surface area contributed by atoms with Crippen LogP contribution in [0, 0.1) is 0 Å². The van der Waals surface area contributed by atoms with Crippen molar-refractivity contribution in [2.45, 2.75) is 291 Å². The number of imidazole rings is 1. The molecule has 0 bridgehead atoms. The molecule has 0 atom stereocenters. The molecule has 3 aromatic rings. The zero-order valence-corrected chi connectivity index (χ0v) is 61.1. The minimum Gasteiger partial charge on any atom is -0.461 e. The number of fused-ring (bicyclic) bond motifs is 1. The monoisotopic (exact) mass is 1350 g/mol. The average Bonchev–Trinajstić information content (AvgIpc) is 1.65. The highest BCUT2D eigenvalue weighted by molar-refractivity contribution is 5.97. The number of aromatic nitrogens is 4. The molecule has 0 unspecified atom stereocenters. The largest absolute Gasteiger partial charge is 0.461 e. The molecule has 0 aliphatic rings. The summed E-state index contributed by atoms with van der Waals surface area (Å²) in [7, 11) is 1.57. The lowest BCUT2D eigenvalue weighted by atomic mass is 10.1. The van der Waals surface area contributed by atoms with E-state index >= 15 is 0 Å². The smallest absolute Gasteiger partial charge is 0.328 e. The van der Waals surface area contributed by atoms with Crippen LogP contribution in [0.5, 0.6) is 6.01 Å². The van der Waals surface area contributed by atoms with E-state index in [0.29, 0.717) is 63.2 Å². The Hall–Kier alpha value is -5.98. The van der Waals surface area contributed by atoms with Crippen molar-refractivity contribution >= 4 is 47.1 Å². The maximum absolute atomic E-state index is 13.6. The number of benzene rings is 1. The number of aldehydes is 1. The van der Waals surface area contributed by atoms with Crippen LogP contribution in [-0.2, 0) is 44.7 Å². The van der Waals surface area contributed by atoms with Crippen LogP contribution in [0.3, 0.4) is 0 Å². The van der Waals surface area contributed by atoms with Crippen LogP contribution in [0.1, 0.15) is 300 Å². The van der Waals surface area contributed by atoms with Crippen molar-refractivity contribution in [2.75, 3.05) is 84.7 Å². The lowest BCUT2D eigenvalue weighted by molar-refractivity contribution is -0.143. The van der Waals surface area contributed by atoms with Crippen LogP contribution >= 0.6 is 0 Å². The Morgan fingerprint density at radius 3 is 1.29 bits per heavy atom. The average molecular weight is 1350 g/mol. The molecule has 0 spiro atoms. The molecule has 0 saturated heterocycles. The quantitative estimate of drug-likeness (QED) is 0.0177. The number of hydrogen-bond donors (Lipinski definition) is 2. The lowest BCUT2D eigenvalue weighted by Crippen LogP contribution is -2.32. The molecule has 2 heterocycles. The van der Waals surface area contributed by atoms with E-state index in [4.69, 9.17) is 23.7 Å². The third-order valence-corrected chi connectivity index (χ3v) is 17.7. The fraction of sp³-hybridized carbons (Fsp3) is 0.722. The van der Waals surface area contributed by atoms with Gasteiger partial charge in [-0.2, -0.15) is 9.97 Å². The molecule has 0 fully saturated rings. The number of nitrogens with one attached hydrogen (secondary N) is 2. The molecule has 548 valence electrons. The van der Waals surface area contributed by atoms with E-state index in [1.165, 1.54) is 94.5 Å². The molecule has 1 amide bonds. The summed E-state index contributed by atoms with van der Waals surface area (Å²) in [5.41, 5.74) is 1.48. The lowest BCUT2D eigenvalue weighted by Gasteiger charge is -2.26. The summed E-state index contributed by atoms with van der Waals surface area (Å²) < 4.78 is 28.8. The molecular formula is C79H131N7O11. The van der Waals surface area contributed by atoms with Gasteiger partial charge in [0.2, 0.25) is 5.91 Å². The van der Waals surface area contributed by atoms with E-state index in [0.717, 1.165) is 192 Å². The number of hydrogen-bond acceptors (Lipinski definition) is 15. The minimum atomic E-state index is -0.420. The van der Waals surface area contributed by atoms with E-state index in [9.17, 15) is 28.8 Å². The van der Waals surface area contributed by atoms with Crippen LogP contribution < -0.4 is 15.7 Å². The SMILES string of the molecule is CCCCCC/C=C/COC(=O)CCCCCCCCN(CCCCCCCCC(=O)OC/C=C/CCCCCC)CCCN(CCCCCCCCC(=O)OC/C=C/CCCCCC)CCCCCC(=O)Nc1nc(OCCOC)nc2c1[nH]c(=O)n2Cc1ccc(C=O)cc1. The second kappa shape index (κ2) is 60.0. The van der Waals surface area contributed by atoms with Gasteiger partial charge in [-0.1, -0.05) is 223 Å². The topological polar surface area (TPSA) is 214 Å². The maximum atomic E-state index is 13.6. The summed E-state index contributed by atoms with van der Waals surface area (Å²) in [6, 6.07) is 6.97. The predicted molar refractivity (Wildman–Crippen MR) is 395 cm³/mol. The highest BCUT2D eigenvalue weighted by Gasteiger charge is 2.19. The number of amides is 1. The maximum Gasteiger partial charge on any atom is 0.328 e. The van der Waals surface area contributed by atoms with Crippen molar-refractivity contribution in [1.29, 1.82) is 0 Å². The van der Waals surface area contributed by atoms with Crippen LogP contribution in [0.15, 0.2) is 65.5 Å². The summed E-state index contributed by atoms with van der Waals surface area (Å²) in [4.78, 5) is 92.6. The number of unbranched alkanes of at least 4 members (excludes halogenated alkanes) is 29. The normalized spacial score (nSPS) is 11.8. The first kappa shape index (κ1) is 85.2. The Balaban J connectivity index is 1.57. The summed E-state index contributed by atoms with van der Waals surface area (Å²) >= 11 is 0. The van der Waals surface area contributed by atoms with E-state index in [-0.39, 0.29) is 60.9 Å².